The minimum atomic E-state index is 0.578. The van der Waals surface area contributed by atoms with E-state index in [1.54, 1.807) is 0 Å². The highest BCUT2D eigenvalue weighted by Gasteiger charge is 2.09. The van der Waals surface area contributed by atoms with Gasteiger partial charge in [-0.2, -0.15) is 5.10 Å². The Morgan fingerprint density at radius 1 is 1.57 bits per heavy atom. The van der Waals surface area contributed by atoms with Gasteiger partial charge in [-0.05, 0) is 20.4 Å². The summed E-state index contributed by atoms with van der Waals surface area (Å²) in [6.45, 7) is 4.46. The van der Waals surface area contributed by atoms with E-state index in [-0.39, 0.29) is 0 Å². The predicted molar refractivity (Wildman–Crippen MR) is 61.7 cm³/mol. The SMILES string of the molecule is CNC(C)CC(C)Sc1cnn(C)c1. The minimum absolute atomic E-state index is 0.578. The zero-order valence-electron chi connectivity index (χ0n) is 9.32. The van der Waals surface area contributed by atoms with Gasteiger partial charge in [-0.1, -0.05) is 6.92 Å². The van der Waals surface area contributed by atoms with Crippen molar-refractivity contribution in [2.24, 2.45) is 7.05 Å². The number of hydrogen-bond donors (Lipinski definition) is 1. The lowest BCUT2D eigenvalue weighted by Crippen LogP contribution is -2.24. The molecule has 2 atom stereocenters. The number of aromatic nitrogens is 2. The lowest BCUT2D eigenvalue weighted by atomic mass is 10.2. The van der Waals surface area contributed by atoms with E-state index in [2.05, 4.69) is 30.5 Å². The number of thioether (sulfide) groups is 1. The monoisotopic (exact) mass is 213 g/mol. The second kappa shape index (κ2) is 5.41. The van der Waals surface area contributed by atoms with Crippen molar-refractivity contribution < 1.29 is 0 Å². The van der Waals surface area contributed by atoms with Crippen LogP contribution in [0.2, 0.25) is 0 Å². The summed E-state index contributed by atoms with van der Waals surface area (Å²) < 4.78 is 1.84. The van der Waals surface area contributed by atoms with Gasteiger partial charge in [-0.3, -0.25) is 4.68 Å². The summed E-state index contributed by atoms with van der Waals surface area (Å²) in [5.74, 6) is 0. The van der Waals surface area contributed by atoms with Crippen LogP contribution in [0.4, 0.5) is 0 Å². The lowest BCUT2D eigenvalue weighted by molar-refractivity contribution is 0.564. The van der Waals surface area contributed by atoms with Crippen LogP contribution in [-0.4, -0.2) is 28.1 Å². The molecule has 0 amide bonds. The topological polar surface area (TPSA) is 29.9 Å². The maximum atomic E-state index is 4.15. The molecule has 0 saturated carbocycles. The molecule has 4 heteroatoms. The lowest BCUT2D eigenvalue weighted by Gasteiger charge is -2.15. The van der Waals surface area contributed by atoms with Crippen molar-refractivity contribution in [3.05, 3.63) is 12.4 Å². The number of rotatable bonds is 5. The zero-order valence-corrected chi connectivity index (χ0v) is 10.1. The number of nitrogens with zero attached hydrogens (tertiary/aromatic N) is 2. The third-order valence-corrected chi connectivity index (χ3v) is 3.27. The first-order chi connectivity index (χ1) is 6.61. The van der Waals surface area contributed by atoms with Gasteiger partial charge in [-0.15, -0.1) is 11.8 Å². The molecule has 0 aliphatic rings. The van der Waals surface area contributed by atoms with Crippen molar-refractivity contribution in [1.82, 2.24) is 15.1 Å². The molecule has 1 N–H and O–H groups in total. The first-order valence-electron chi connectivity index (χ1n) is 4.94. The molecule has 0 aromatic carbocycles. The second-order valence-electron chi connectivity index (χ2n) is 3.70. The molecule has 2 unspecified atom stereocenters. The predicted octanol–water partition coefficient (Wildman–Crippen LogP) is 1.90. The molecule has 0 fully saturated rings. The number of aryl methyl sites for hydroxylation is 1. The molecule has 0 spiro atoms. The first kappa shape index (κ1) is 11.6. The van der Waals surface area contributed by atoms with Gasteiger partial charge in [-0.25, -0.2) is 0 Å². The van der Waals surface area contributed by atoms with E-state index in [9.17, 15) is 0 Å². The van der Waals surface area contributed by atoms with Gasteiger partial charge in [0.05, 0.1) is 6.20 Å². The molecule has 0 saturated heterocycles. The molecule has 0 bridgehead atoms. The Labute approximate surface area is 90.3 Å². The highest BCUT2D eigenvalue weighted by atomic mass is 32.2. The summed E-state index contributed by atoms with van der Waals surface area (Å²) in [5, 5.41) is 8.03. The van der Waals surface area contributed by atoms with Crippen molar-refractivity contribution in [1.29, 1.82) is 0 Å². The first-order valence-corrected chi connectivity index (χ1v) is 5.82. The van der Waals surface area contributed by atoms with Crippen LogP contribution in [0.5, 0.6) is 0 Å². The third-order valence-electron chi connectivity index (χ3n) is 2.20. The average molecular weight is 213 g/mol. The molecule has 0 aliphatic heterocycles. The maximum absolute atomic E-state index is 4.15. The minimum Gasteiger partial charge on any atom is -0.317 e. The maximum Gasteiger partial charge on any atom is 0.0625 e. The Morgan fingerprint density at radius 3 is 2.79 bits per heavy atom. The number of nitrogens with one attached hydrogen (secondary N) is 1. The van der Waals surface area contributed by atoms with E-state index in [1.165, 1.54) is 11.3 Å². The Balaban J connectivity index is 2.37. The molecule has 3 nitrogen and oxygen atoms in total. The van der Waals surface area contributed by atoms with Gasteiger partial charge in [0.25, 0.3) is 0 Å². The molecule has 1 rings (SSSR count). The Kier molecular flexibility index (Phi) is 4.48. The van der Waals surface area contributed by atoms with Crippen molar-refractivity contribution in [2.75, 3.05) is 7.05 Å². The van der Waals surface area contributed by atoms with E-state index in [4.69, 9.17) is 0 Å². The van der Waals surface area contributed by atoms with Crippen molar-refractivity contribution in [3.8, 4) is 0 Å². The van der Waals surface area contributed by atoms with E-state index in [0.29, 0.717) is 11.3 Å². The Hall–Kier alpha value is -0.480. The van der Waals surface area contributed by atoms with Crippen LogP contribution >= 0.6 is 11.8 Å². The highest BCUT2D eigenvalue weighted by molar-refractivity contribution is 7.99. The fourth-order valence-corrected chi connectivity index (χ4v) is 2.53. The van der Waals surface area contributed by atoms with Gasteiger partial charge in [0.2, 0.25) is 0 Å². The molecule has 14 heavy (non-hydrogen) atoms. The highest BCUT2D eigenvalue weighted by Crippen LogP contribution is 2.24. The van der Waals surface area contributed by atoms with Crippen LogP contribution in [0.25, 0.3) is 0 Å². The normalized spacial score (nSPS) is 15.4. The zero-order chi connectivity index (χ0) is 10.6. The largest absolute Gasteiger partial charge is 0.317 e. The fraction of sp³-hybridized carbons (Fsp3) is 0.700. The smallest absolute Gasteiger partial charge is 0.0625 e. The molecule has 80 valence electrons. The molecule has 1 aromatic rings. The standard InChI is InChI=1S/C10H19N3S/c1-8(11-3)5-9(2)14-10-6-12-13(4)7-10/h6-9,11H,5H2,1-4H3. The molecular weight excluding hydrogens is 194 g/mol. The van der Waals surface area contributed by atoms with E-state index < -0.39 is 0 Å². The summed E-state index contributed by atoms with van der Waals surface area (Å²) in [6, 6.07) is 0.578. The Morgan fingerprint density at radius 2 is 2.29 bits per heavy atom. The number of hydrogen-bond acceptors (Lipinski definition) is 3. The second-order valence-corrected chi connectivity index (χ2v) is 5.22. The van der Waals surface area contributed by atoms with E-state index in [0.717, 1.165) is 0 Å². The molecule has 1 aromatic heterocycles. The van der Waals surface area contributed by atoms with Gasteiger partial charge >= 0.3 is 0 Å². The van der Waals surface area contributed by atoms with Gasteiger partial charge in [0.15, 0.2) is 0 Å². The van der Waals surface area contributed by atoms with Gasteiger partial charge in [0.1, 0.15) is 0 Å². The van der Waals surface area contributed by atoms with Crippen LogP contribution < -0.4 is 5.32 Å². The van der Waals surface area contributed by atoms with Crippen LogP contribution in [0.15, 0.2) is 17.3 Å². The Bertz CT molecular complexity index is 272. The molecular formula is C10H19N3S. The van der Waals surface area contributed by atoms with Crippen LogP contribution in [0.3, 0.4) is 0 Å². The van der Waals surface area contributed by atoms with Crippen molar-refractivity contribution >= 4 is 11.8 Å². The average Bonchev–Trinajstić information content (AvgIpc) is 2.50. The molecule has 0 aliphatic carbocycles. The van der Waals surface area contributed by atoms with E-state index >= 15 is 0 Å². The van der Waals surface area contributed by atoms with Crippen LogP contribution in [0, 0.1) is 0 Å². The van der Waals surface area contributed by atoms with Crippen molar-refractivity contribution in [3.63, 3.8) is 0 Å². The quantitative estimate of drug-likeness (QED) is 0.758. The summed E-state index contributed by atoms with van der Waals surface area (Å²) in [5.41, 5.74) is 0. The van der Waals surface area contributed by atoms with Gasteiger partial charge in [0, 0.05) is 29.4 Å². The molecule has 1 heterocycles. The summed E-state index contributed by atoms with van der Waals surface area (Å²) in [7, 11) is 3.96. The van der Waals surface area contributed by atoms with Crippen LogP contribution in [0.1, 0.15) is 20.3 Å². The fourth-order valence-electron chi connectivity index (χ4n) is 1.36. The van der Waals surface area contributed by atoms with Crippen LogP contribution in [-0.2, 0) is 7.05 Å². The third kappa shape index (κ3) is 3.72. The summed E-state index contributed by atoms with van der Waals surface area (Å²) in [6.07, 6.45) is 5.16. The molecule has 0 radical (unpaired) electrons. The summed E-state index contributed by atoms with van der Waals surface area (Å²) >= 11 is 1.88. The van der Waals surface area contributed by atoms with Crippen molar-refractivity contribution in [2.45, 2.75) is 36.5 Å². The van der Waals surface area contributed by atoms with E-state index in [1.807, 2.05) is 36.7 Å². The summed E-state index contributed by atoms with van der Waals surface area (Å²) in [4.78, 5) is 1.25. The van der Waals surface area contributed by atoms with Gasteiger partial charge < -0.3 is 5.32 Å².